The number of imidazole rings is 1. The second-order valence-electron chi connectivity index (χ2n) is 6.08. The molecule has 3 rings (SSSR count). The maximum absolute atomic E-state index is 12.9. The Hall–Kier alpha value is -2.54. The predicted molar refractivity (Wildman–Crippen MR) is 111 cm³/mol. The SMILES string of the molecule is CN=C(NCCCSc1ccc(F)cc1)NCc1nc2ccccc2n1C. The van der Waals surface area contributed by atoms with Crippen molar-refractivity contribution in [1.82, 2.24) is 20.2 Å². The number of para-hydroxylation sites is 2. The lowest BCUT2D eigenvalue weighted by atomic mass is 10.3. The van der Waals surface area contributed by atoms with E-state index in [2.05, 4.69) is 31.2 Å². The van der Waals surface area contributed by atoms with E-state index in [1.807, 2.05) is 37.4 Å². The first-order chi connectivity index (χ1) is 13.2. The molecule has 5 nitrogen and oxygen atoms in total. The lowest BCUT2D eigenvalue weighted by Crippen LogP contribution is -2.37. The van der Waals surface area contributed by atoms with Crippen LogP contribution in [0.4, 0.5) is 4.39 Å². The minimum Gasteiger partial charge on any atom is -0.356 e. The van der Waals surface area contributed by atoms with Gasteiger partial charge in [0.2, 0.25) is 0 Å². The van der Waals surface area contributed by atoms with Gasteiger partial charge in [-0.1, -0.05) is 12.1 Å². The Morgan fingerprint density at radius 3 is 2.67 bits per heavy atom. The second-order valence-corrected chi connectivity index (χ2v) is 7.25. The van der Waals surface area contributed by atoms with Crippen LogP contribution in [0, 0.1) is 5.82 Å². The van der Waals surface area contributed by atoms with Crippen LogP contribution in [-0.4, -0.2) is 34.9 Å². The van der Waals surface area contributed by atoms with Gasteiger partial charge in [0, 0.05) is 25.5 Å². The van der Waals surface area contributed by atoms with E-state index in [1.54, 1.807) is 18.8 Å². The molecule has 0 aliphatic rings. The van der Waals surface area contributed by atoms with Gasteiger partial charge in [-0.2, -0.15) is 0 Å². The van der Waals surface area contributed by atoms with Gasteiger partial charge in [-0.3, -0.25) is 4.99 Å². The van der Waals surface area contributed by atoms with Gasteiger partial charge in [0.15, 0.2) is 5.96 Å². The van der Waals surface area contributed by atoms with E-state index in [0.29, 0.717) is 6.54 Å². The van der Waals surface area contributed by atoms with Gasteiger partial charge in [-0.05, 0) is 48.6 Å². The number of halogens is 1. The molecule has 1 aromatic heterocycles. The van der Waals surface area contributed by atoms with Crippen LogP contribution >= 0.6 is 11.8 Å². The number of nitrogens with one attached hydrogen (secondary N) is 2. The zero-order valence-electron chi connectivity index (χ0n) is 15.6. The maximum atomic E-state index is 12.9. The number of aliphatic imine (C=N–C) groups is 1. The summed E-state index contributed by atoms with van der Waals surface area (Å²) < 4.78 is 15.0. The first kappa shape index (κ1) is 19.2. The molecular weight excluding hydrogens is 361 g/mol. The van der Waals surface area contributed by atoms with Crippen molar-refractivity contribution in [3.05, 3.63) is 60.2 Å². The molecule has 0 bridgehead atoms. The number of nitrogens with zero attached hydrogens (tertiary/aromatic N) is 3. The molecule has 0 saturated heterocycles. The summed E-state index contributed by atoms with van der Waals surface area (Å²) in [6.07, 6.45) is 0.981. The van der Waals surface area contributed by atoms with E-state index in [9.17, 15) is 4.39 Å². The summed E-state index contributed by atoms with van der Waals surface area (Å²) in [6, 6.07) is 14.7. The van der Waals surface area contributed by atoms with Gasteiger partial charge >= 0.3 is 0 Å². The standard InChI is InChI=1S/C20H24FN5S/c1-22-20(23-12-5-13-27-16-10-8-15(21)9-11-16)24-14-19-25-17-6-3-4-7-18(17)26(19)2/h3-4,6-11H,5,12-14H2,1-2H3,(H2,22,23,24). The van der Waals surface area contributed by atoms with E-state index in [1.165, 1.54) is 12.1 Å². The number of rotatable bonds is 7. The molecular formula is C20H24FN5S. The monoisotopic (exact) mass is 385 g/mol. The van der Waals surface area contributed by atoms with Crippen LogP contribution in [0.5, 0.6) is 0 Å². The van der Waals surface area contributed by atoms with Crippen molar-refractivity contribution in [3.63, 3.8) is 0 Å². The van der Waals surface area contributed by atoms with E-state index in [4.69, 9.17) is 0 Å². The average molecular weight is 386 g/mol. The Balaban J connectivity index is 1.41. The maximum Gasteiger partial charge on any atom is 0.191 e. The number of thioether (sulfide) groups is 1. The van der Waals surface area contributed by atoms with Crippen molar-refractivity contribution in [3.8, 4) is 0 Å². The van der Waals surface area contributed by atoms with E-state index in [-0.39, 0.29) is 5.82 Å². The smallest absolute Gasteiger partial charge is 0.191 e. The van der Waals surface area contributed by atoms with Gasteiger partial charge in [0.1, 0.15) is 11.6 Å². The van der Waals surface area contributed by atoms with E-state index in [0.717, 1.165) is 46.4 Å². The van der Waals surface area contributed by atoms with Gasteiger partial charge in [0.05, 0.1) is 17.6 Å². The summed E-state index contributed by atoms with van der Waals surface area (Å²) in [5, 5.41) is 6.63. The van der Waals surface area contributed by atoms with Crippen LogP contribution in [0.1, 0.15) is 12.2 Å². The van der Waals surface area contributed by atoms with Crippen molar-refractivity contribution in [2.24, 2.45) is 12.0 Å². The third-order valence-electron chi connectivity index (χ3n) is 4.21. The molecule has 1 heterocycles. The Morgan fingerprint density at radius 2 is 1.93 bits per heavy atom. The van der Waals surface area contributed by atoms with E-state index < -0.39 is 0 Å². The zero-order valence-corrected chi connectivity index (χ0v) is 16.4. The fraction of sp³-hybridized carbons (Fsp3) is 0.300. The minimum atomic E-state index is -0.198. The number of guanidine groups is 1. The molecule has 2 N–H and O–H groups in total. The fourth-order valence-corrected chi connectivity index (χ4v) is 3.59. The lowest BCUT2D eigenvalue weighted by Gasteiger charge is -2.11. The van der Waals surface area contributed by atoms with E-state index >= 15 is 0 Å². The van der Waals surface area contributed by atoms with Crippen LogP contribution in [0.15, 0.2) is 58.4 Å². The van der Waals surface area contributed by atoms with Crippen LogP contribution in [0.3, 0.4) is 0 Å². The van der Waals surface area contributed by atoms with Crippen LogP contribution in [0.2, 0.25) is 0 Å². The molecule has 0 saturated carbocycles. The summed E-state index contributed by atoms with van der Waals surface area (Å²) in [5.41, 5.74) is 2.12. The molecule has 0 atom stereocenters. The second kappa shape index (κ2) is 9.41. The third kappa shape index (κ3) is 5.23. The highest BCUT2D eigenvalue weighted by atomic mass is 32.2. The summed E-state index contributed by atoms with van der Waals surface area (Å²) in [4.78, 5) is 10.0. The predicted octanol–water partition coefficient (Wildman–Crippen LogP) is 3.56. The topological polar surface area (TPSA) is 54.2 Å². The Morgan fingerprint density at radius 1 is 1.15 bits per heavy atom. The lowest BCUT2D eigenvalue weighted by molar-refractivity contribution is 0.626. The molecule has 3 aromatic rings. The van der Waals surface area contributed by atoms with Crippen LogP contribution in [0.25, 0.3) is 11.0 Å². The molecule has 0 aliphatic carbocycles. The first-order valence-corrected chi connectivity index (χ1v) is 9.89. The van der Waals surface area contributed by atoms with Crippen LogP contribution in [-0.2, 0) is 13.6 Å². The summed E-state index contributed by atoms with van der Waals surface area (Å²) in [7, 11) is 3.78. The Kier molecular flexibility index (Phi) is 6.70. The minimum absolute atomic E-state index is 0.198. The molecule has 0 amide bonds. The Labute approximate surface area is 163 Å². The van der Waals surface area contributed by atoms with Gasteiger partial charge in [-0.25, -0.2) is 9.37 Å². The number of hydrogen-bond donors (Lipinski definition) is 2. The van der Waals surface area contributed by atoms with Gasteiger partial charge in [-0.15, -0.1) is 11.8 Å². The van der Waals surface area contributed by atoms with Crippen molar-refractivity contribution >= 4 is 28.8 Å². The largest absolute Gasteiger partial charge is 0.356 e. The number of aryl methyl sites for hydroxylation is 1. The Bertz CT molecular complexity index is 904. The molecule has 2 aromatic carbocycles. The van der Waals surface area contributed by atoms with Crippen molar-refractivity contribution < 1.29 is 4.39 Å². The van der Waals surface area contributed by atoms with Crippen molar-refractivity contribution in [1.29, 1.82) is 0 Å². The number of benzene rings is 2. The quantitative estimate of drug-likeness (QED) is 0.283. The summed E-state index contributed by atoms with van der Waals surface area (Å²) >= 11 is 1.72. The summed E-state index contributed by atoms with van der Waals surface area (Å²) in [6.45, 7) is 1.42. The zero-order chi connectivity index (χ0) is 19.1. The molecule has 7 heteroatoms. The average Bonchev–Trinajstić information content (AvgIpc) is 3.01. The molecule has 142 valence electrons. The fourth-order valence-electron chi connectivity index (χ4n) is 2.74. The van der Waals surface area contributed by atoms with Crippen LogP contribution < -0.4 is 10.6 Å². The first-order valence-electron chi connectivity index (χ1n) is 8.90. The highest BCUT2D eigenvalue weighted by Gasteiger charge is 2.07. The number of fused-ring (bicyclic) bond motifs is 1. The van der Waals surface area contributed by atoms with Crippen molar-refractivity contribution in [2.75, 3.05) is 19.3 Å². The molecule has 0 fully saturated rings. The molecule has 0 spiro atoms. The molecule has 0 radical (unpaired) electrons. The molecule has 0 aliphatic heterocycles. The third-order valence-corrected chi connectivity index (χ3v) is 5.31. The normalized spacial score (nSPS) is 11.7. The highest BCUT2D eigenvalue weighted by molar-refractivity contribution is 7.99. The summed E-state index contributed by atoms with van der Waals surface area (Å²) in [5.74, 6) is 2.48. The van der Waals surface area contributed by atoms with Gasteiger partial charge in [0.25, 0.3) is 0 Å². The molecule has 0 unspecified atom stereocenters. The number of hydrogen-bond acceptors (Lipinski definition) is 3. The number of aromatic nitrogens is 2. The molecule has 27 heavy (non-hydrogen) atoms. The highest BCUT2D eigenvalue weighted by Crippen LogP contribution is 2.18. The van der Waals surface area contributed by atoms with Crippen molar-refractivity contribution in [2.45, 2.75) is 17.9 Å². The van der Waals surface area contributed by atoms with Gasteiger partial charge < -0.3 is 15.2 Å².